The van der Waals surface area contributed by atoms with Crippen LogP contribution < -0.4 is 0 Å². The third-order valence-electron chi connectivity index (χ3n) is 10.0. The minimum absolute atomic E-state index is 0.635. The van der Waals surface area contributed by atoms with Gasteiger partial charge in [-0.2, -0.15) is 0 Å². The van der Waals surface area contributed by atoms with E-state index in [1.54, 1.807) is 0 Å². The second kappa shape index (κ2) is 14.1. The molecule has 0 spiro atoms. The van der Waals surface area contributed by atoms with Gasteiger partial charge in [0.2, 0.25) is 0 Å². The highest BCUT2D eigenvalue weighted by Crippen LogP contribution is 2.47. The molecule has 1 aliphatic rings. The minimum Gasteiger partial charge on any atom is -0.236 e. The van der Waals surface area contributed by atoms with Gasteiger partial charge in [-0.05, 0) is 62.4 Å². The number of nitrogens with zero attached hydrogens (tertiary/aromatic N) is 4. The van der Waals surface area contributed by atoms with Gasteiger partial charge in [-0.25, -0.2) is 19.9 Å². The van der Waals surface area contributed by atoms with Crippen LogP contribution in [-0.4, -0.2) is 19.9 Å². The fourth-order valence-corrected chi connectivity index (χ4v) is 8.51. The average Bonchev–Trinajstić information content (AvgIpc) is 3.28. The van der Waals surface area contributed by atoms with Crippen molar-refractivity contribution in [3.05, 3.63) is 193 Å². The third-order valence-corrected chi connectivity index (χ3v) is 11.3. The van der Waals surface area contributed by atoms with Gasteiger partial charge < -0.3 is 0 Å². The fraction of sp³-hybridized carbons (Fsp3) is 0. The van der Waals surface area contributed by atoms with Crippen LogP contribution in [-0.2, 0) is 0 Å². The number of hydrogen-bond donors (Lipinski definition) is 0. The Morgan fingerprint density at radius 1 is 0.382 bits per heavy atom. The van der Waals surface area contributed by atoms with Gasteiger partial charge in [0, 0.05) is 44.4 Å². The topological polar surface area (TPSA) is 51.6 Å². The first-order valence-corrected chi connectivity index (χ1v) is 19.1. The van der Waals surface area contributed by atoms with E-state index in [1.165, 1.54) is 37.3 Å². The summed E-state index contributed by atoms with van der Waals surface area (Å²) in [5.41, 5.74) is 12.3. The zero-order chi connectivity index (χ0) is 36.6. The molecule has 10 rings (SSSR count). The van der Waals surface area contributed by atoms with Crippen LogP contribution >= 0.6 is 11.8 Å². The summed E-state index contributed by atoms with van der Waals surface area (Å²) in [4.78, 5) is 22.3. The number of hydrogen-bond acceptors (Lipinski definition) is 5. The average molecular weight is 721 g/mol. The predicted octanol–water partition coefficient (Wildman–Crippen LogP) is 13.1. The van der Waals surface area contributed by atoms with Crippen LogP contribution in [0.4, 0.5) is 0 Å². The summed E-state index contributed by atoms with van der Waals surface area (Å²) in [5, 5.41) is 2.43. The molecule has 3 heterocycles. The van der Waals surface area contributed by atoms with Crippen molar-refractivity contribution >= 4 is 34.7 Å². The van der Waals surface area contributed by atoms with E-state index in [9.17, 15) is 0 Å². The Labute approximate surface area is 324 Å². The van der Waals surface area contributed by atoms with Gasteiger partial charge in [-0.3, -0.25) is 0 Å². The number of benzene rings is 7. The first kappa shape index (κ1) is 32.7. The van der Waals surface area contributed by atoms with E-state index >= 15 is 0 Å². The minimum atomic E-state index is 0.635. The Morgan fingerprint density at radius 2 is 1.02 bits per heavy atom. The highest BCUT2D eigenvalue weighted by Gasteiger charge is 2.20. The van der Waals surface area contributed by atoms with E-state index in [4.69, 9.17) is 19.9 Å². The largest absolute Gasteiger partial charge is 0.236 e. The molecule has 9 aromatic rings. The van der Waals surface area contributed by atoms with Crippen LogP contribution in [0.3, 0.4) is 0 Å². The van der Waals surface area contributed by atoms with E-state index in [1.807, 2.05) is 78.8 Å². The maximum Gasteiger partial charge on any atom is 0.160 e. The van der Waals surface area contributed by atoms with Crippen LogP contribution in [0.2, 0.25) is 0 Å². The number of aromatic nitrogens is 4. The van der Waals surface area contributed by atoms with Crippen molar-refractivity contribution in [1.29, 1.82) is 0 Å². The normalized spacial score (nSPS) is 11.9. The zero-order valence-electron chi connectivity index (χ0n) is 29.7. The Morgan fingerprint density at radius 3 is 1.82 bits per heavy atom. The summed E-state index contributed by atoms with van der Waals surface area (Å²) < 4.78 is 0. The molecule has 0 N–H and O–H groups in total. The standard InChI is InChI=1S/C50H32N4S/c1-3-15-36(16-4-1)45-30-46(39-31-51-49(52-32-39)37-17-5-2-6-18-37)54-50(53-45)38-26-25-35-24-23-33-13-7-9-19-40(33)42-21-11-12-22-47(42)55-48-41-20-10-8-14-34(41)27-28-43(48)44(35)29-38/h1-32H. The molecule has 0 atom stereocenters. The van der Waals surface area contributed by atoms with Crippen molar-refractivity contribution in [2.45, 2.75) is 9.79 Å². The van der Waals surface area contributed by atoms with E-state index in [-0.39, 0.29) is 0 Å². The molecule has 0 amide bonds. The molecule has 1 aliphatic heterocycles. The molecular formula is C50H32N4S. The molecule has 0 aliphatic carbocycles. The van der Waals surface area contributed by atoms with E-state index in [0.29, 0.717) is 11.6 Å². The molecule has 0 fully saturated rings. The van der Waals surface area contributed by atoms with Crippen LogP contribution in [0.1, 0.15) is 11.1 Å². The smallest absolute Gasteiger partial charge is 0.160 e. The van der Waals surface area contributed by atoms with Gasteiger partial charge in [0.1, 0.15) is 0 Å². The maximum atomic E-state index is 5.19. The molecule has 2 aromatic heterocycles. The third kappa shape index (κ3) is 6.31. The highest BCUT2D eigenvalue weighted by atomic mass is 32.2. The summed E-state index contributed by atoms with van der Waals surface area (Å²) in [6, 6.07) is 59.5. The lowest BCUT2D eigenvalue weighted by molar-refractivity contribution is 1.14. The second-order valence-electron chi connectivity index (χ2n) is 13.5. The van der Waals surface area contributed by atoms with E-state index in [2.05, 4.69) is 127 Å². The van der Waals surface area contributed by atoms with Crippen molar-refractivity contribution in [2.75, 3.05) is 0 Å². The molecule has 258 valence electrons. The lowest BCUT2D eigenvalue weighted by atomic mass is 9.93. The summed E-state index contributed by atoms with van der Waals surface area (Å²) in [7, 11) is 0. The van der Waals surface area contributed by atoms with E-state index < -0.39 is 0 Å². The first-order chi connectivity index (χ1) is 27.2. The predicted molar refractivity (Wildman–Crippen MR) is 227 cm³/mol. The van der Waals surface area contributed by atoms with Crippen molar-refractivity contribution in [3.63, 3.8) is 0 Å². The first-order valence-electron chi connectivity index (χ1n) is 18.3. The molecule has 0 unspecified atom stereocenters. The number of rotatable bonds is 4. The Balaban J connectivity index is 1.18. The summed E-state index contributed by atoms with van der Waals surface area (Å²) in [6.45, 7) is 0. The molecule has 4 nitrogen and oxygen atoms in total. The monoisotopic (exact) mass is 720 g/mol. The lowest BCUT2D eigenvalue weighted by Gasteiger charge is -2.17. The van der Waals surface area contributed by atoms with Crippen LogP contribution in [0.5, 0.6) is 0 Å². The molecule has 0 bridgehead atoms. The molecule has 55 heavy (non-hydrogen) atoms. The fourth-order valence-electron chi connectivity index (χ4n) is 7.27. The molecule has 0 saturated heterocycles. The summed E-state index contributed by atoms with van der Waals surface area (Å²) in [6.07, 6.45) is 8.19. The van der Waals surface area contributed by atoms with Crippen LogP contribution in [0.15, 0.2) is 192 Å². The summed E-state index contributed by atoms with van der Waals surface area (Å²) >= 11 is 1.83. The quantitative estimate of drug-likeness (QED) is 0.181. The molecule has 7 aromatic carbocycles. The van der Waals surface area contributed by atoms with Gasteiger partial charge in [-0.15, -0.1) is 0 Å². The molecule has 5 heteroatoms. The maximum absolute atomic E-state index is 5.19. The van der Waals surface area contributed by atoms with Crippen molar-refractivity contribution in [1.82, 2.24) is 19.9 Å². The highest BCUT2D eigenvalue weighted by molar-refractivity contribution is 7.99. The Bertz CT molecular complexity index is 2890. The summed E-state index contributed by atoms with van der Waals surface area (Å²) in [5.74, 6) is 1.31. The zero-order valence-corrected chi connectivity index (χ0v) is 30.5. The Kier molecular flexibility index (Phi) is 8.39. The van der Waals surface area contributed by atoms with Crippen molar-refractivity contribution < 1.29 is 0 Å². The van der Waals surface area contributed by atoms with Crippen molar-refractivity contribution in [2.24, 2.45) is 0 Å². The van der Waals surface area contributed by atoms with Crippen LogP contribution in [0, 0.1) is 0 Å². The lowest BCUT2D eigenvalue weighted by Crippen LogP contribution is -1.98. The van der Waals surface area contributed by atoms with Gasteiger partial charge in [0.15, 0.2) is 11.6 Å². The van der Waals surface area contributed by atoms with Gasteiger partial charge in [0.25, 0.3) is 0 Å². The SMILES string of the molecule is C1=Cc2ccc(-c3nc(-c4ccccc4)cc(-c4cnc(-c5ccccc5)nc4)n3)cc2-c2ccc3ccccc3c2Sc2ccccc2-c2ccccc21. The number of fused-ring (bicyclic) bond motifs is 8. The molecule has 0 saturated carbocycles. The van der Waals surface area contributed by atoms with Gasteiger partial charge in [0.05, 0.1) is 11.4 Å². The van der Waals surface area contributed by atoms with Gasteiger partial charge in [-0.1, -0.05) is 176 Å². The van der Waals surface area contributed by atoms with E-state index in [0.717, 1.165) is 50.3 Å². The second-order valence-corrected chi connectivity index (χ2v) is 14.5. The molecular weight excluding hydrogens is 689 g/mol. The van der Waals surface area contributed by atoms with Crippen LogP contribution in [0.25, 0.3) is 90.5 Å². The van der Waals surface area contributed by atoms with Crippen molar-refractivity contribution in [3.8, 4) is 67.5 Å². The van der Waals surface area contributed by atoms with Gasteiger partial charge >= 0.3 is 0 Å². The Hall–Kier alpha value is -6.95. The molecule has 0 radical (unpaired) electrons.